The van der Waals surface area contributed by atoms with E-state index in [1.165, 1.54) is 6.07 Å². The first kappa shape index (κ1) is 15.6. The fraction of sp³-hybridized carbons (Fsp3) is 0.600. The van der Waals surface area contributed by atoms with Gasteiger partial charge in [0, 0.05) is 18.2 Å². The van der Waals surface area contributed by atoms with Crippen LogP contribution >= 0.6 is 0 Å². The van der Waals surface area contributed by atoms with Crippen LogP contribution in [-0.4, -0.2) is 12.6 Å². The lowest BCUT2D eigenvalue weighted by Gasteiger charge is -2.23. The number of nitrogens with two attached hydrogens (primary N) is 1. The van der Waals surface area contributed by atoms with Crippen molar-refractivity contribution in [2.75, 3.05) is 17.7 Å². The van der Waals surface area contributed by atoms with E-state index in [-0.39, 0.29) is 5.75 Å². The molecule has 1 unspecified atom stereocenters. The van der Waals surface area contributed by atoms with Crippen LogP contribution in [0.1, 0.15) is 40.5 Å². The van der Waals surface area contributed by atoms with Crippen molar-refractivity contribution >= 4 is 11.4 Å². The van der Waals surface area contributed by atoms with E-state index in [1.54, 1.807) is 6.07 Å². The summed E-state index contributed by atoms with van der Waals surface area (Å²) in [6.45, 7) is 8.90. The highest BCUT2D eigenvalue weighted by Gasteiger charge is 2.14. The Labute approximate surface area is 115 Å². The van der Waals surface area contributed by atoms with Gasteiger partial charge >= 0.3 is 0 Å². The van der Waals surface area contributed by atoms with Crippen molar-refractivity contribution in [1.29, 1.82) is 0 Å². The molecule has 1 aromatic carbocycles. The van der Waals surface area contributed by atoms with Crippen LogP contribution in [0.5, 0.6) is 5.75 Å². The van der Waals surface area contributed by atoms with Crippen LogP contribution in [-0.2, 0) is 0 Å². The highest BCUT2D eigenvalue weighted by molar-refractivity contribution is 5.69. The van der Waals surface area contributed by atoms with Crippen LogP contribution in [0, 0.1) is 11.7 Å². The maximum absolute atomic E-state index is 13.7. The second-order valence-corrected chi connectivity index (χ2v) is 5.12. The molecule has 0 aliphatic rings. The number of rotatable bonds is 7. The van der Waals surface area contributed by atoms with Gasteiger partial charge in [0.1, 0.15) is 0 Å². The van der Waals surface area contributed by atoms with Crippen molar-refractivity contribution in [2.45, 2.75) is 46.6 Å². The van der Waals surface area contributed by atoms with Gasteiger partial charge in [-0.2, -0.15) is 0 Å². The molecule has 1 atom stereocenters. The second kappa shape index (κ2) is 7.22. The number of anilines is 2. The van der Waals surface area contributed by atoms with Crippen molar-refractivity contribution in [3.05, 3.63) is 17.9 Å². The predicted molar refractivity (Wildman–Crippen MR) is 79.1 cm³/mol. The molecule has 0 saturated carbocycles. The summed E-state index contributed by atoms with van der Waals surface area (Å²) < 4.78 is 19.1. The maximum atomic E-state index is 13.7. The Bertz CT molecular complexity index is 407. The fourth-order valence-corrected chi connectivity index (χ4v) is 1.96. The normalized spacial score (nSPS) is 12.5. The minimum atomic E-state index is -0.408. The SMILES string of the molecule is CCCOc1cc(NC(CC)C(C)C)c(N)cc1F. The van der Waals surface area contributed by atoms with Gasteiger partial charge in [0.25, 0.3) is 0 Å². The summed E-state index contributed by atoms with van der Waals surface area (Å²) in [4.78, 5) is 0. The van der Waals surface area contributed by atoms with Crippen LogP contribution in [0.25, 0.3) is 0 Å². The summed E-state index contributed by atoms with van der Waals surface area (Å²) in [6.07, 6.45) is 1.83. The van der Waals surface area contributed by atoms with Crippen LogP contribution < -0.4 is 15.8 Å². The monoisotopic (exact) mass is 268 g/mol. The summed E-state index contributed by atoms with van der Waals surface area (Å²) in [5.74, 6) is 0.334. The van der Waals surface area contributed by atoms with Gasteiger partial charge < -0.3 is 15.8 Å². The predicted octanol–water partition coefficient (Wildman–Crippen LogP) is 4.04. The van der Waals surface area contributed by atoms with Crippen LogP contribution in [0.3, 0.4) is 0 Å². The van der Waals surface area contributed by atoms with Crippen LogP contribution in [0.2, 0.25) is 0 Å². The summed E-state index contributed by atoms with van der Waals surface area (Å²) in [7, 11) is 0. The molecule has 0 aromatic heterocycles. The summed E-state index contributed by atoms with van der Waals surface area (Å²) in [5, 5.41) is 3.37. The van der Waals surface area contributed by atoms with E-state index < -0.39 is 5.82 Å². The Kier molecular flexibility index (Phi) is 5.93. The van der Waals surface area contributed by atoms with E-state index >= 15 is 0 Å². The molecule has 0 bridgehead atoms. The number of ether oxygens (including phenoxy) is 1. The molecule has 0 amide bonds. The molecule has 0 radical (unpaired) electrons. The highest BCUT2D eigenvalue weighted by atomic mass is 19.1. The lowest BCUT2D eigenvalue weighted by molar-refractivity contribution is 0.301. The molecule has 3 nitrogen and oxygen atoms in total. The molecule has 0 aliphatic heterocycles. The van der Waals surface area contributed by atoms with E-state index in [0.29, 0.717) is 24.3 Å². The van der Waals surface area contributed by atoms with Gasteiger partial charge in [-0.25, -0.2) is 4.39 Å². The van der Waals surface area contributed by atoms with E-state index in [0.717, 1.165) is 18.5 Å². The zero-order valence-corrected chi connectivity index (χ0v) is 12.3. The topological polar surface area (TPSA) is 47.3 Å². The molecule has 1 aromatic rings. The summed E-state index contributed by atoms with van der Waals surface area (Å²) in [6, 6.07) is 3.29. The number of hydrogen-bond acceptors (Lipinski definition) is 3. The lowest BCUT2D eigenvalue weighted by atomic mass is 10.0. The average Bonchev–Trinajstić information content (AvgIpc) is 2.36. The summed E-state index contributed by atoms with van der Waals surface area (Å²) >= 11 is 0. The number of benzene rings is 1. The Morgan fingerprint density at radius 3 is 2.53 bits per heavy atom. The van der Waals surface area contributed by atoms with E-state index in [4.69, 9.17) is 10.5 Å². The largest absolute Gasteiger partial charge is 0.490 e. The zero-order valence-electron chi connectivity index (χ0n) is 12.3. The van der Waals surface area contributed by atoms with Crippen LogP contribution in [0.15, 0.2) is 12.1 Å². The first-order valence-electron chi connectivity index (χ1n) is 6.97. The average molecular weight is 268 g/mol. The molecule has 19 heavy (non-hydrogen) atoms. The number of nitrogens with one attached hydrogen (secondary N) is 1. The third-order valence-electron chi connectivity index (χ3n) is 3.15. The van der Waals surface area contributed by atoms with Gasteiger partial charge in [-0.05, 0) is 18.8 Å². The number of nitrogen functional groups attached to an aromatic ring is 1. The lowest BCUT2D eigenvalue weighted by Crippen LogP contribution is -2.25. The van der Waals surface area contributed by atoms with Crippen molar-refractivity contribution in [3.63, 3.8) is 0 Å². The van der Waals surface area contributed by atoms with Crippen molar-refractivity contribution in [1.82, 2.24) is 0 Å². The molecule has 0 fully saturated rings. The third kappa shape index (κ3) is 4.30. The minimum absolute atomic E-state index is 0.261. The highest BCUT2D eigenvalue weighted by Crippen LogP contribution is 2.30. The first-order chi connectivity index (χ1) is 8.99. The quantitative estimate of drug-likeness (QED) is 0.734. The Morgan fingerprint density at radius 1 is 1.32 bits per heavy atom. The van der Waals surface area contributed by atoms with Gasteiger partial charge in [-0.1, -0.05) is 27.7 Å². The molecule has 1 rings (SSSR count). The van der Waals surface area contributed by atoms with Gasteiger partial charge in [0.15, 0.2) is 11.6 Å². The Hall–Kier alpha value is -1.45. The first-order valence-corrected chi connectivity index (χ1v) is 6.97. The summed E-state index contributed by atoms with van der Waals surface area (Å²) in [5.41, 5.74) is 7.02. The van der Waals surface area contributed by atoms with Gasteiger partial charge in [-0.15, -0.1) is 0 Å². The Balaban J connectivity index is 2.93. The molecular formula is C15H25FN2O. The molecule has 0 aliphatic carbocycles. The van der Waals surface area contributed by atoms with Crippen molar-refractivity contribution in [3.8, 4) is 5.75 Å². The molecule has 0 spiro atoms. The molecule has 0 saturated heterocycles. The molecule has 3 N–H and O–H groups in total. The fourth-order valence-electron chi connectivity index (χ4n) is 1.96. The number of halogens is 1. The smallest absolute Gasteiger partial charge is 0.167 e. The van der Waals surface area contributed by atoms with E-state index in [9.17, 15) is 4.39 Å². The minimum Gasteiger partial charge on any atom is -0.490 e. The van der Waals surface area contributed by atoms with Gasteiger partial charge in [0.05, 0.1) is 18.0 Å². The van der Waals surface area contributed by atoms with E-state index in [2.05, 4.69) is 26.1 Å². The van der Waals surface area contributed by atoms with Crippen LogP contribution in [0.4, 0.5) is 15.8 Å². The number of hydrogen-bond donors (Lipinski definition) is 2. The van der Waals surface area contributed by atoms with E-state index in [1.807, 2.05) is 6.92 Å². The molecule has 4 heteroatoms. The molecular weight excluding hydrogens is 243 g/mol. The molecule has 0 heterocycles. The Morgan fingerprint density at radius 2 is 2.00 bits per heavy atom. The maximum Gasteiger partial charge on any atom is 0.167 e. The van der Waals surface area contributed by atoms with Gasteiger partial charge in [-0.3, -0.25) is 0 Å². The molecule has 108 valence electrons. The van der Waals surface area contributed by atoms with Crippen molar-refractivity contribution < 1.29 is 9.13 Å². The standard InChI is InChI=1S/C15H25FN2O/c1-5-7-19-15-9-14(12(17)8-11(15)16)18-13(6-2)10(3)4/h8-10,13,18H,5-7,17H2,1-4H3. The zero-order chi connectivity index (χ0) is 14.4. The van der Waals surface area contributed by atoms with Crippen molar-refractivity contribution in [2.24, 2.45) is 5.92 Å². The second-order valence-electron chi connectivity index (χ2n) is 5.12. The van der Waals surface area contributed by atoms with Gasteiger partial charge in [0.2, 0.25) is 0 Å². The third-order valence-corrected chi connectivity index (χ3v) is 3.15.